The van der Waals surface area contributed by atoms with Crippen LogP contribution in [-0.4, -0.2) is 91.6 Å². The lowest BCUT2D eigenvalue weighted by molar-refractivity contribution is -0.173. The van der Waals surface area contributed by atoms with Gasteiger partial charge in [0.15, 0.2) is 0 Å². The minimum absolute atomic E-state index is 0.159. The fourth-order valence-electron chi connectivity index (χ4n) is 4.76. The number of fused-ring (bicyclic) bond motifs is 1. The van der Waals surface area contributed by atoms with Crippen molar-refractivity contribution in [3.63, 3.8) is 0 Å². The quantitative estimate of drug-likeness (QED) is 0.177. The molecule has 2 heterocycles. The number of hydrogen-bond donors (Lipinski definition) is 4. The Bertz CT molecular complexity index is 1390. The molecule has 2 unspecified atom stereocenters. The third-order valence-electron chi connectivity index (χ3n) is 7.36. The molecule has 266 valence electrons. The molecule has 3 rings (SSSR count). The highest BCUT2D eigenvalue weighted by Crippen LogP contribution is 2.23. The van der Waals surface area contributed by atoms with Crippen molar-refractivity contribution in [3.05, 3.63) is 59.8 Å². The van der Waals surface area contributed by atoms with Gasteiger partial charge in [-0.05, 0) is 71.1 Å². The molecule has 0 radical (unpaired) electrons. The van der Waals surface area contributed by atoms with Gasteiger partial charge in [0, 0.05) is 36.5 Å². The summed E-state index contributed by atoms with van der Waals surface area (Å²) in [6, 6.07) is 3.99. The number of aromatic nitrogens is 1. The zero-order valence-corrected chi connectivity index (χ0v) is 28.9. The molecule has 3 amide bonds. The Hall–Kier alpha value is -4.26. The van der Waals surface area contributed by atoms with Gasteiger partial charge in [0.1, 0.15) is 12.1 Å². The van der Waals surface area contributed by atoms with Crippen LogP contribution in [0.25, 0.3) is 10.9 Å². The normalized spacial score (nSPS) is 14.8. The summed E-state index contributed by atoms with van der Waals surface area (Å²) in [7, 11) is 1.64. The molecule has 10 nitrogen and oxygen atoms in total. The van der Waals surface area contributed by atoms with E-state index in [1.807, 2.05) is 6.92 Å². The number of carbonyl (C=O) groups is 4. The second kappa shape index (κ2) is 21.6. The number of rotatable bonds is 13. The number of amides is 3. The van der Waals surface area contributed by atoms with Crippen LogP contribution in [-0.2, 0) is 25.6 Å². The van der Waals surface area contributed by atoms with Crippen LogP contribution >= 0.6 is 0 Å². The zero-order chi connectivity index (χ0) is 36.3. The Kier molecular flexibility index (Phi) is 18.8. The van der Waals surface area contributed by atoms with E-state index in [9.17, 15) is 32.3 Å². The number of halogens is 3. The second-order valence-electron chi connectivity index (χ2n) is 11.7. The number of para-hydroxylation sites is 1. The van der Waals surface area contributed by atoms with Crippen LogP contribution in [0.4, 0.5) is 13.2 Å². The van der Waals surface area contributed by atoms with E-state index in [-0.39, 0.29) is 12.3 Å². The minimum Gasteiger partial charge on any atom is -0.361 e. The number of nitrogens with zero attached hydrogens (tertiary/aromatic N) is 2. The van der Waals surface area contributed by atoms with Gasteiger partial charge in [-0.25, -0.2) is 0 Å². The van der Waals surface area contributed by atoms with Crippen molar-refractivity contribution in [2.45, 2.75) is 78.6 Å². The molecule has 1 aromatic carbocycles. The Morgan fingerprint density at radius 2 is 1.69 bits per heavy atom. The molecule has 48 heavy (non-hydrogen) atoms. The molecule has 2 aromatic rings. The molecule has 0 saturated carbocycles. The predicted molar refractivity (Wildman–Crippen MR) is 185 cm³/mol. The Morgan fingerprint density at radius 1 is 1.06 bits per heavy atom. The fraction of sp³-hybridized carbons (Fsp3) is 0.514. The maximum Gasteiger partial charge on any atom is 0.452 e. The number of H-pyrrole nitrogens is 1. The number of aliphatic imine (C=N–C) groups is 1. The molecule has 1 aromatic heterocycles. The molecular formula is C35H51F3N6O4. The van der Waals surface area contributed by atoms with Crippen LogP contribution < -0.4 is 16.0 Å². The number of Topliss-reactive ketones (excluding diaryl/α,β-unsaturated/α-hetero) is 1. The van der Waals surface area contributed by atoms with Crippen LogP contribution in [0.2, 0.25) is 0 Å². The van der Waals surface area contributed by atoms with E-state index in [1.54, 1.807) is 70.3 Å². The van der Waals surface area contributed by atoms with Gasteiger partial charge >= 0.3 is 6.18 Å². The predicted octanol–water partition coefficient (Wildman–Crippen LogP) is 4.92. The van der Waals surface area contributed by atoms with Crippen molar-refractivity contribution in [1.29, 1.82) is 0 Å². The number of aromatic amines is 1. The summed E-state index contributed by atoms with van der Waals surface area (Å²) in [4.78, 5) is 58.3. The Morgan fingerprint density at radius 3 is 2.23 bits per heavy atom. The largest absolute Gasteiger partial charge is 0.452 e. The molecule has 1 saturated heterocycles. The van der Waals surface area contributed by atoms with Crippen molar-refractivity contribution < 1.29 is 32.3 Å². The average molecular weight is 677 g/mol. The molecular weight excluding hydrogens is 625 g/mol. The van der Waals surface area contributed by atoms with Crippen molar-refractivity contribution in [3.8, 4) is 0 Å². The SMILES string of the molecule is C/C=C\C=C(/C)CC(NC(=O)C(C)C)C(=O)NCC(=O)NC(Cc1c[nH]c2ccccc12)C(=O)C(F)(F)F.C=NC.CCN1CCCC1. The summed E-state index contributed by atoms with van der Waals surface area (Å²) < 4.78 is 39.8. The third-order valence-corrected chi connectivity index (χ3v) is 7.36. The highest BCUT2D eigenvalue weighted by Gasteiger charge is 2.44. The lowest BCUT2D eigenvalue weighted by Crippen LogP contribution is -2.53. The van der Waals surface area contributed by atoms with E-state index in [2.05, 4.69) is 44.5 Å². The summed E-state index contributed by atoms with van der Waals surface area (Å²) in [6.45, 7) is 15.5. The number of allylic oxidation sites excluding steroid dienone is 3. The summed E-state index contributed by atoms with van der Waals surface area (Å²) in [5.41, 5.74) is 1.88. The minimum atomic E-state index is -5.17. The van der Waals surface area contributed by atoms with Gasteiger partial charge < -0.3 is 30.8 Å². The summed E-state index contributed by atoms with van der Waals surface area (Å²) in [5.74, 6) is -4.53. The van der Waals surface area contributed by atoms with E-state index < -0.39 is 54.7 Å². The van der Waals surface area contributed by atoms with Crippen LogP contribution in [0.1, 0.15) is 59.4 Å². The molecule has 0 aliphatic carbocycles. The molecule has 2 atom stereocenters. The van der Waals surface area contributed by atoms with E-state index in [0.717, 1.165) is 5.57 Å². The van der Waals surface area contributed by atoms with E-state index in [0.29, 0.717) is 16.5 Å². The molecule has 0 bridgehead atoms. The lowest BCUT2D eigenvalue weighted by Gasteiger charge is -2.21. The topological polar surface area (TPSA) is 136 Å². The van der Waals surface area contributed by atoms with Crippen molar-refractivity contribution in [2.24, 2.45) is 10.9 Å². The third kappa shape index (κ3) is 15.1. The van der Waals surface area contributed by atoms with Crippen molar-refractivity contribution in [1.82, 2.24) is 25.8 Å². The fourth-order valence-corrected chi connectivity index (χ4v) is 4.76. The number of likely N-dealkylation sites (tertiary alicyclic amines) is 1. The van der Waals surface area contributed by atoms with Gasteiger partial charge in [-0.1, -0.05) is 62.8 Å². The molecule has 4 N–H and O–H groups in total. The van der Waals surface area contributed by atoms with Crippen LogP contribution in [0.15, 0.2) is 59.3 Å². The standard InChI is InChI=1S/C27H33F3N4O4.C6H13N.C2H5N/c1-5-6-9-17(4)12-22(34-25(37)16(2)3)26(38)32-15-23(35)33-21(24(36)27(28,29)30)13-18-14-31-20-11-8-7-10-19(18)20;1-2-7-5-3-4-6-7;1-3-2/h5-11,14,16,21-22,31H,12-13,15H2,1-4H3,(H,32,38)(H,33,35)(H,34,37);2-6H2,1H3;1H2,2H3/b6-5-,17-9+;;. The number of nitrogens with one attached hydrogen (secondary N) is 4. The summed E-state index contributed by atoms with van der Waals surface area (Å²) in [6.07, 6.45) is 4.26. The Labute approximate surface area is 281 Å². The first-order valence-corrected chi connectivity index (χ1v) is 16.1. The van der Waals surface area contributed by atoms with Gasteiger partial charge in [-0.3, -0.25) is 19.2 Å². The van der Waals surface area contributed by atoms with Crippen LogP contribution in [0.5, 0.6) is 0 Å². The lowest BCUT2D eigenvalue weighted by atomic mass is 10.0. The number of benzene rings is 1. The smallest absolute Gasteiger partial charge is 0.361 e. The molecule has 1 fully saturated rings. The van der Waals surface area contributed by atoms with Gasteiger partial charge in [-0.2, -0.15) is 13.2 Å². The second-order valence-corrected chi connectivity index (χ2v) is 11.7. The first kappa shape index (κ1) is 41.8. The van der Waals surface area contributed by atoms with E-state index in [4.69, 9.17) is 0 Å². The van der Waals surface area contributed by atoms with Gasteiger partial charge in [0.25, 0.3) is 5.78 Å². The molecule has 1 aliphatic heterocycles. The first-order valence-electron chi connectivity index (χ1n) is 16.1. The molecule has 13 heteroatoms. The number of alkyl halides is 3. The van der Waals surface area contributed by atoms with E-state index in [1.165, 1.54) is 38.7 Å². The highest BCUT2D eigenvalue weighted by molar-refractivity contribution is 5.95. The molecule has 0 spiro atoms. The zero-order valence-electron chi connectivity index (χ0n) is 28.9. The van der Waals surface area contributed by atoms with Gasteiger partial charge in [-0.15, -0.1) is 0 Å². The van der Waals surface area contributed by atoms with Crippen LogP contribution in [0.3, 0.4) is 0 Å². The highest BCUT2D eigenvalue weighted by atomic mass is 19.4. The van der Waals surface area contributed by atoms with Crippen molar-refractivity contribution >= 4 is 41.1 Å². The average Bonchev–Trinajstić information content (AvgIpc) is 3.72. The van der Waals surface area contributed by atoms with Crippen LogP contribution in [0, 0.1) is 5.92 Å². The van der Waals surface area contributed by atoms with Gasteiger partial charge in [0.05, 0.1) is 6.54 Å². The molecule has 1 aliphatic rings. The summed E-state index contributed by atoms with van der Waals surface area (Å²) in [5, 5.41) is 7.70. The maximum atomic E-state index is 13.3. The van der Waals surface area contributed by atoms with Gasteiger partial charge in [0.2, 0.25) is 17.7 Å². The summed E-state index contributed by atoms with van der Waals surface area (Å²) >= 11 is 0. The maximum absolute atomic E-state index is 13.3. The number of ketones is 1. The first-order chi connectivity index (χ1) is 22.7. The number of hydrogen-bond acceptors (Lipinski definition) is 6. The Balaban J connectivity index is 0.000000988. The number of carbonyl (C=O) groups excluding carboxylic acids is 4. The van der Waals surface area contributed by atoms with Crippen molar-refractivity contribution in [2.75, 3.05) is 33.2 Å². The van der Waals surface area contributed by atoms with E-state index >= 15 is 0 Å². The monoisotopic (exact) mass is 676 g/mol.